The Balaban J connectivity index is 2.04. The normalized spacial score (nSPS) is 42.2. The summed E-state index contributed by atoms with van der Waals surface area (Å²) in [6.45, 7) is 4.24. The molecule has 0 aromatic rings. The van der Waals surface area contributed by atoms with E-state index in [0.29, 0.717) is 11.8 Å². The van der Waals surface area contributed by atoms with Crippen molar-refractivity contribution < 1.29 is 9.90 Å². The molecule has 0 aromatic heterocycles. The third-order valence-corrected chi connectivity index (χ3v) is 6.38. The molecule has 0 spiro atoms. The lowest BCUT2D eigenvalue weighted by Crippen LogP contribution is -2.51. The zero-order valence-corrected chi connectivity index (χ0v) is 12.2. The van der Waals surface area contributed by atoms with E-state index in [0.717, 1.165) is 12.8 Å². The van der Waals surface area contributed by atoms with Crippen LogP contribution in [0.4, 0.5) is 0 Å². The van der Waals surface area contributed by atoms with Gasteiger partial charge in [-0.15, -0.1) is 0 Å². The third-order valence-electron chi connectivity index (χ3n) is 6.38. The number of allylic oxidation sites excluding steroid dienone is 2. The van der Waals surface area contributed by atoms with Crippen molar-refractivity contribution in [2.75, 3.05) is 0 Å². The molecule has 2 fully saturated rings. The molecular formula is C17H26O2. The summed E-state index contributed by atoms with van der Waals surface area (Å²) in [5.41, 5.74) is -0.549. The Kier molecular flexibility index (Phi) is 3.03. The monoisotopic (exact) mass is 262 g/mol. The van der Waals surface area contributed by atoms with Crippen LogP contribution < -0.4 is 0 Å². The van der Waals surface area contributed by atoms with Crippen LogP contribution in [0.15, 0.2) is 12.2 Å². The molecule has 3 atom stereocenters. The summed E-state index contributed by atoms with van der Waals surface area (Å²) in [5.74, 6) is 0.797. The first kappa shape index (κ1) is 13.2. The molecule has 19 heavy (non-hydrogen) atoms. The molecule has 3 unspecified atom stereocenters. The van der Waals surface area contributed by atoms with Crippen molar-refractivity contribution in [3.63, 3.8) is 0 Å². The Morgan fingerprint density at radius 3 is 2.42 bits per heavy atom. The minimum atomic E-state index is -0.542. The van der Waals surface area contributed by atoms with Gasteiger partial charge in [0.1, 0.15) is 0 Å². The van der Waals surface area contributed by atoms with Crippen molar-refractivity contribution in [3.8, 4) is 0 Å². The third kappa shape index (κ3) is 1.58. The molecule has 106 valence electrons. The Morgan fingerprint density at radius 2 is 1.89 bits per heavy atom. The number of carbonyl (C=O) groups is 1. The summed E-state index contributed by atoms with van der Waals surface area (Å²) in [6.07, 6.45) is 13.0. The molecule has 0 aliphatic heterocycles. The van der Waals surface area contributed by atoms with Crippen LogP contribution in [0.1, 0.15) is 58.8 Å². The van der Waals surface area contributed by atoms with Crippen molar-refractivity contribution in [1.29, 1.82) is 0 Å². The van der Waals surface area contributed by atoms with Crippen LogP contribution in [0.3, 0.4) is 0 Å². The quantitative estimate of drug-likeness (QED) is 0.772. The predicted octanol–water partition coefficient (Wildman–Crippen LogP) is 4.26. The van der Waals surface area contributed by atoms with Gasteiger partial charge in [-0.2, -0.15) is 0 Å². The van der Waals surface area contributed by atoms with Gasteiger partial charge in [0.2, 0.25) is 0 Å². The van der Waals surface area contributed by atoms with E-state index < -0.39 is 11.4 Å². The molecule has 0 amide bonds. The molecule has 2 nitrogen and oxygen atoms in total. The lowest BCUT2D eigenvalue weighted by molar-refractivity contribution is -0.162. The number of carboxylic acids is 1. The summed E-state index contributed by atoms with van der Waals surface area (Å²) >= 11 is 0. The molecule has 0 saturated heterocycles. The van der Waals surface area contributed by atoms with Crippen LogP contribution in [0.5, 0.6) is 0 Å². The molecule has 2 bridgehead atoms. The first-order valence-electron chi connectivity index (χ1n) is 7.96. The van der Waals surface area contributed by atoms with Crippen LogP contribution in [-0.4, -0.2) is 11.1 Å². The molecule has 0 aromatic carbocycles. The highest BCUT2D eigenvalue weighted by atomic mass is 16.4. The van der Waals surface area contributed by atoms with E-state index in [2.05, 4.69) is 26.0 Å². The van der Waals surface area contributed by atoms with Gasteiger partial charge in [0.25, 0.3) is 0 Å². The molecule has 3 aliphatic rings. The largest absolute Gasteiger partial charge is 0.481 e. The number of fused-ring (bicyclic) bond motifs is 2. The van der Waals surface area contributed by atoms with Crippen molar-refractivity contribution in [3.05, 3.63) is 12.2 Å². The maximum Gasteiger partial charge on any atom is 0.310 e. The van der Waals surface area contributed by atoms with Crippen molar-refractivity contribution in [1.82, 2.24) is 0 Å². The second-order valence-electron chi connectivity index (χ2n) is 7.33. The molecular weight excluding hydrogens is 236 g/mol. The number of carboxylic acid groups (broad SMARTS) is 1. The van der Waals surface area contributed by atoms with Gasteiger partial charge < -0.3 is 5.11 Å². The van der Waals surface area contributed by atoms with Gasteiger partial charge in [-0.25, -0.2) is 0 Å². The van der Waals surface area contributed by atoms with Gasteiger partial charge >= 0.3 is 5.97 Å². The number of aliphatic carboxylic acids is 1. The van der Waals surface area contributed by atoms with E-state index in [1.807, 2.05) is 0 Å². The summed E-state index contributed by atoms with van der Waals surface area (Å²) in [5, 5.41) is 10.0. The van der Waals surface area contributed by atoms with Gasteiger partial charge in [0.05, 0.1) is 5.41 Å². The number of rotatable bonds is 3. The maximum atomic E-state index is 12.2. The lowest BCUT2D eigenvalue weighted by atomic mass is 9.52. The topological polar surface area (TPSA) is 37.3 Å². The van der Waals surface area contributed by atoms with Crippen molar-refractivity contribution in [2.45, 2.75) is 58.8 Å². The first-order chi connectivity index (χ1) is 9.03. The fourth-order valence-corrected chi connectivity index (χ4v) is 5.54. The summed E-state index contributed by atoms with van der Waals surface area (Å²) < 4.78 is 0. The summed E-state index contributed by atoms with van der Waals surface area (Å²) in [7, 11) is 0. The van der Waals surface area contributed by atoms with Crippen molar-refractivity contribution in [2.24, 2.45) is 28.6 Å². The molecule has 3 rings (SSSR count). The van der Waals surface area contributed by atoms with Gasteiger partial charge in [-0.3, -0.25) is 4.79 Å². The average molecular weight is 262 g/mol. The summed E-state index contributed by atoms with van der Waals surface area (Å²) in [6, 6.07) is 0. The minimum Gasteiger partial charge on any atom is -0.481 e. The van der Waals surface area contributed by atoms with Crippen LogP contribution in [0.25, 0.3) is 0 Å². The predicted molar refractivity (Wildman–Crippen MR) is 75.8 cm³/mol. The highest BCUT2D eigenvalue weighted by Gasteiger charge is 2.66. The Bertz CT molecular complexity index is 405. The smallest absolute Gasteiger partial charge is 0.310 e. The van der Waals surface area contributed by atoms with Crippen LogP contribution in [0.2, 0.25) is 0 Å². The highest BCUT2D eigenvalue weighted by molar-refractivity contribution is 5.78. The van der Waals surface area contributed by atoms with Gasteiger partial charge in [-0.05, 0) is 43.4 Å². The standard InChI is InChI=1S/C17H26O2/c1-12(2)17(15(18)19)11-13-8-9-16(17,10-13)14-6-4-3-5-7-14/h8-9,12-14H,3-7,10-11H2,1-2H3,(H,18,19). The maximum absolute atomic E-state index is 12.2. The second kappa shape index (κ2) is 4.36. The van der Waals surface area contributed by atoms with E-state index in [-0.39, 0.29) is 11.3 Å². The van der Waals surface area contributed by atoms with Crippen LogP contribution in [0, 0.1) is 28.6 Å². The van der Waals surface area contributed by atoms with E-state index in [4.69, 9.17) is 0 Å². The van der Waals surface area contributed by atoms with Gasteiger partial charge in [0, 0.05) is 5.41 Å². The second-order valence-corrected chi connectivity index (χ2v) is 7.33. The van der Waals surface area contributed by atoms with E-state index in [1.54, 1.807) is 0 Å². The Morgan fingerprint density at radius 1 is 1.21 bits per heavy atom. The van der Waals surface area contributed by atoms with E-state index >= 15 is 0 Å². The fourth-order valence-electron chi connectivity index (χ4n) is 5.54. The summed E-state index contributed by atoms with van der Waals surface area (Å²) in [4.78, 5) is 12.2. The zero-order chi connectivity index (χ0) is 13.7. The molecule has 2 saturated carbocycles. The highest BCUT2D eigenvalue weighted by Crippen LogP contribution is 2.68. The molecule has 2 heteroatoms. The van der Waals surface area contributed by atoms with Gasteiger partial charge in [-0.1, -0.05) is 45.3 Å². The lowest BCUT2D eigenvalue weighted by Gasteiger charge is -2.50. The first-order valence-corrected chi connectivity index (χ1v) is 7.96. The van der Waals surface area contributed by atoms with Crippen LogP contribution >= 0.6 is 0 Å². The molecule has 0 heterocycles. The molecule has 3 aliphatic carbocycles. The molecule has 0 radical (unpaired) electrons. The van der Waals surface area contributed by atoms with Gasteiger partial charge in [0.15, 0.2) is 0 Å². The van der Waals surface area contributed by atoms with Crippen molar-refractivity contribution >= 4 is 5.97 Å². The number of hydrogen-bond donors (Lipinski definition) is 1. The van der Waals surface area contributed by atoms with E-state index in [1.165, 1.54) is 32.1 Å². The average Bonchev–Trinajstić information content (AvgIpc) is 2.97. The fraction of sp³-hybridized carbons (Fsp3) is 0.824. The molecule has 1 N–H and O–H groups in total. The zero-order valence-electron chi connectivity index (χ0n) is 12.2. The minimum absolute atomic E-state index is 0.0436. The van der Waals surface area contributed by atoms with Crippen LogP contribution in [-0.2, 0) is 4.79 Å². The Labute approximate surface area is 116 Å². The Hall–Kier alpha value is -0.790. The van der Waals surface area contributed by atoms with E-state index in [9.17, 15) is 9.90 Å². The number of hydrogen-bond acceptors (Lipinski definition) is 1. The SMILES string of the molecule is CC(C)C1(C(=O)O)CC2C=CC1(C1CCCCC1)C2.